The van der Waals surface area contributed by atoms with Crippen LogP contribution in [0.4, 0.5) is 0 Å². The van der Waals surface area contributed by atoms with E-state index < -0.39 is 5.97 Å². The van der Waals surface area contributed by atoms with E-state index >= 15 is 0 Å². The Morgan fingerprint density at radius 3 is 2.71 bits per heavy atom. The van der Waals surface area contributed by atoms with Gasteiger partial charge in [0.25, 0.3) is 0 Å². The standard InChI is InChI=1S/C12H17NO4/c1-9(2)17-6-5-16-8-11-4-3-10(7-13-11)12(14)15/h3-4,7,9H,5-6,8H2,1-2H3,(H,14,15). The molecule has 1 N–H and O–H groups in total. The predicted molar refractivity (Wildman–Crippen MR) is 61.9 cm³/mol. The van der Waals surface area contributed by atoms with Crippen LogP contribution in [0.25, 0.3) is 0 Å². The maximum absolute atomic E-state index is 10.6. The van der Waals surface area contributed by atoms with Crippen LogP contribution < -0.4 is 0 Å². The smallest absolute Gasteiger partial charge is 0.337 e. The van der Waals surface area contributed by atoms with Crippen LogP contribution >= 0.6 is 0 Å². The number of nitrogens with zero attached hydrogens (tertiary/aromatic N) is 1. The van der Waals surface area contributed by atoms with E-state index in [0.717, 1.165) is 0 Å². The molecule has 0 bridgehead atoms. The normalized spacial score (nSPS) is 10.8. The van der Waals surface area contributed by atoms with Crippen molar-refractivity contribution in [1.82, 2.24) is 4.98 Å². The SMILES string of the molecule is CC(C)OCCOCc1ccc(C(=O)O)cn1. The van der Waals surface area contributed by atoms with Gasteiger partial charge in [-0.1, -0.05) is 0 Å². The van der Waals surface area contributed by atoms with Gasteiger partial charge in [0.2, 0.25) is 0 Å². The average molecular weight is 239 g/mol. The zero-order chi connectivity index (χ0) is 12.7. The molecule has 0 amide bonds. The highest BCUT2D eigenvalue weighted by atomic mass is 16.5. The maximum Gasteiger partial charge on any atom is 0.337 e. The first-order valence-electron chi connectivity index (χ1n) is 5.47. The lowest BCUT2D eigenvalue weighted by Gasteiger charge is -2.07. The van der Waals surface area contributed by atoms with E-state index in [-0.39, 0.29) is 11.7 Å². The molecule has 0 fully saturated rings. The zero-order valence-corrected chi connectivity index (χ0v) is 10.0. The molecule has 17 heavy (non-hydrogen) atoms. The van der Waals surface area contributed by atoms with Crippen LogP contribution in [0.5, 0.6) is 0 Å². The van der Waals surface area contributed by atoms with E-state index in [1.807, 2.05) is 13.8 Å². The van der Waals surface area contributed by atoms with Crippen molar-refractivity contribution in [1.29, 1.82) is 0 Å². The molecule has 1 aromatic heterocycles. The number of aromatic carboxylic acids is 1. The molecule has 1 rings (SSSR count). The minimum Gasteiger partial charge on any atom is -0.478 e. The van der Waals surface area contributed by atoms with E-state index in [0.29, 0.717) is 25.5 Å². The fourth-order valence-corrected chi connectivity index (χ4v) is 1.16. The van der Waals surface area contributed by atoms with Crippen molar-refractivity contribution in [2.75, 3.05) is 13.2 Å². The Morgan fingerprint density at radius 2 is 2.18 bits per heavy atom. The van der Waals surface area contributed by atoms with Gasteiger partial charge < -0.3 is 14.6 Å². The highest BCUT2D eigenvalue weighted by molar-refractivity contribution is 5.87. The van der Waals surface area contributed by atoms with Crippen molar-refractivity contribution in [2.45, 2.75) is 26.6 Å². The lowest BCUT2D eigenvalue weighted by atomic mass is 10.2. The van der Waals surface area contributed by atoms with E-state index in [9.17, 15) is 4.79 Å². The second kappa shape index (κ2) is 6.98. The number of ether oxygens (including phenoxy) is 2. The first kappa shape index (κ1) is 13.6. The van der Waals surface area contributed by atoms with Gasteiger partial charge in [0.05, 0.1) is 37.2 Å². The number of carboxylic acid groups (broad SMARTS) is 1. The van der Waals surface area contributed by atoms with Gasteiger partial charge in [-0.3, -0.25) is 4.98 Å². The van der Waals surface area contributed by atoms with Crippen molar-refractivity contribution in [3.8, 4) is 0 Å². The largest absolute Gasteiger partial charge is 0.478 e. The van der Waals surface area contributed by atoms with E-state index in [1.54, 1.807) is 6.07 Å². The fraction of sp³-hybridized carbons (Fsp3) is 0.500. The van der Waals surface area contributed by atoms with Gasteiger partial charge in [-0.25, -0.2) is 4.79 Å². The van der Waals surface area contributed by atoms with Gasteiger partial charge in [-0.05, 0) is 26.0 Å². The summed E-state index contributed by atoms with van der Waals surface area (Å²) in [5, 5.41) is 8.69. The molecule has 0 radical (unpaired) electrons. The predicted octanol–water partition coefficient (Wildman–Crippen LogP) is 1.72. The highest BCUT2D eigenvalue weighted by Gasteiger charge is 2.02. The Morgan fingerprint density at radius 1 is 1.41 bits per heavy atom. The summed E-state index contributed by atoms with van der Waals surface area (Å²) in [6, 6.07) is 3.16. The molecule has 0 aromatic carbocycles. The van der Waals surface area contributed by atoms with Gasteiger partial charge in [0.15, 0.2) is 0 Å². The number of carbonyl (C=O) groups is 1. The van der Waals surface area contributed by atoms with E-state index in [2.05, 4.69) is 4.98 Å². The molecular formula is C12H17NO4. The second-order valence-electron chi connectivity index (χ2n) is 3.82. The summed E-state index contributed by atoms with van der Waals surface area (Å²) < 4.78 is 10.6. The Bertz CT molecular complexity index is 348. The molecular weight excluding hydrogens is 222 g/mol. The van der Waals surface area contributed by atoms with Crippen molar-refractivity contribution in [3.63, 3.8) is 0 Å². The third kappa shape index (κ3) is 5.42. The molecule has 1 aromatic rings. The molecule has 0 aliphatic heterocycles. The monoisotopic (exact) mass is 239 g/mol. The summed E-state index contributed by atoms with van der Waals surface area (Å²) in [7, 11) is 0. The Balaban J connectivity index is 2.25. The van der Waals surface area contributed by atoms with Crippen molar-refractivity contribution < 1.29 is 19.4 Å². The minimum absolute atomic E-state index is 0.178. The Kier molecular flexibility index (Phi) is 5.59. The lowest BCUT2D eigenvalue weighted by Crippen LogP contribution is -2.10. The summed E-state index contributed by atoms with van der Waals surface area (Å²) in [5.74, 6) is -0.977. The summed E-state index contributed by atoms with van der Waals surface area (Å²) in [4.78, 5) is 14.6. The third-order valence-electron chi connectivity index (χ3n) is 2.00. The molecule has 1 heterocycles. The Hall–Kier alpha value is -1.46. The third-order valence-corrected chi connectivity index (χ3v) is 2.00. The van der Waals surface area contributed by atoms with Gasteiger partial charge in [-0.2, -0.15) is 0 Å². The summed E-state index contributed by atoms with van der Waals surface area (Å²) in [5.41, 5.74) is 0.886. The van der Waals surface area contributed by atoms with Crippen molar-refractivity contribution in [2.24, 2.45) is 0 Å². The van der Waals surface area contributed by atoms with Crippen LogP contribution in [0.1, 0.15) is 29.9 Å². The topological polar surface area (TPSA) is 68.7 Å². The van der Waals surface area contributed by atoms with Crippen molar-refractivity contribution >= 4 is 5.97 Å². The fourth-order valence-electron chi connectivity index (χ4n) is 1.16. The van der Waals surface area contributed by atoms with Crippen LogP contribution in [-0.2, 0) is 16.1 Å². The summed E-state index contributed by atoms with van der Waals surface area (Å²) in [6.07, 6.45) is 1.53. The maximum atomic E-state index is 10.6. The Labute approximate surface area is 100 Å². The van der Waals surface area contributed by atoms with Gasteiger partial charge >= 0.3 is 5.97 Å². The van der Waals surface area contributed by atoms with Crippen LogP contribution in [0.3, 0.4) is 0 Å². The van der Waals surface area contributed by atoms with Crippen LogP contribution in [0, 0.1) is 0 Å². The molecule has 0 unspecified atom stereocenters. The molecule has 0 atom stereocenters. The van der Waals surface area contributed by atoms with Crippen LogP contribution in [0.15, 0.2) is 18.3 Å². The molecule has 0 spiro atoms. The first-order valence-corrected chi connectivity index (χ1v) is 5.47. The molecule has 5 nitrogen and oxygen atoms in total. The molecule has 0 saturated heterocycles. The molecule has 0 aliphatic carbocycles. The molecule has 0 aliphatic rings. The van der Waals surface area contributed by atoms with Crippen LogP contribution in [-0.4, -0.2) is 35.4 Å². The van der Waals surface area contributed by atoms with Gasteiger partial charge in [-0.15, -0.1) is 0 Å². The number of rotatable bonds is 7. The number of pyridine rings is 1. The number of carboxylic acids is 1. The number of aromatic nitrogens is 1. The molecule has 5 heteroatoms. The quantitative estimate of drug-likeness (QED) is 0.734. The highest BCUT2D eigenvalue weighted by Crippen LogP contribution is 2.01. The molecule has 94 valence electrons. The second-order valence-corrected chi connectivity index (χ2v) is 3.82. The van der Waals surface area contributed by atoms with E-state index in [1.165, 1.54) is 12.3 Å². The van der Waals surface area contributed by atoms with Gasteiger partial charge in [0.1, 0.15) is 0 Å². The van der Waals surface area contributed by atoms with E-state index in [4.69, 9.17) is 14.6 Å². The lowest BCUT2D eigenvalue weighted by molar-refractivity contribution is 0.0135. The average Bonchev–Trinajstić information content (AvgIpc) is 2.29. The molecule has 0 saturated carbocycles. The first-order chi connectivity index (χ1) is 8.09. The summed E-state index contributed by atoms with van der Waals surface area (Å²) in [6.45, 7) is 5.34. The van der Waals surface area contributed by atoms with Gasteiger partial charge in [0, 0.05) is 6.20 Å². The number of hydrogen-bond donors (Lipinski definition) is 1. The number of hydrogen-bond acceptors (Lipinski definition) is 4. The summed E-state index contributed by atoms with van der Waals surface area (Å²) >= 11 is 0. The zero-order valence-electron chi connectivity index (χ0n) is 10.0. The minimum atomic E-state index is -0.977. The van der Waals surface area contributed by atoms with Crippen molar-refractivity contribution in [3.05, 3.63) is 29.6 Å². The van der Waals surface area contributed by atoms with Crippen LogP contribution in [0.2, 0.25) is 0 Å².